The second-order valence-corrected chi connectivity index (χ2v) is 8.67. The van der Waals surface area contributed by atoms with Crippen molar-refractivity contribution in [2.75, 3.05) is 13.2 Å². The highest BCUT2D eigenvalue weighted by atomic mass is 16.7. The molecule has 34 heavy (non-hydrogen) atoms. The summed E-state index contributed by atoms with van der Waals surface area (Å²) >= 11 is 0. The van der Waals surface area contributed by atoms with Crippen molar-refractivity contribution < 1.29 is 34.3 Å². The minimum absolute atomic E-state index is 0.188. The molecule has 0 aliphatic carbocycles. The molecule has 1 saturated heterocycles. The van der Waals surface area contributed by atoms with Gasteiger partial charge in [0.2, 0.25) is 0 Å². The number of esters is 1. The molecule has 0 radical (unpaired) electrons. The lowest BCUT2D eigenvalue weighted by Crippen LogP contribution is -2.59. The van der Waals surface area contributed by atoms with E-state index >= 15 is 0 Å². The van der Waals surface area contributed by atoms with Gasteiger partial charge in [-0.25, -0.2) is 0 Å². The van der Waals surface area contributed by atoms with Gasteiger partial charge in [0.1, 0.15) is 31.0 Å². The molecule has 7 nitrogen and oxygen atoms in total. The molecule has 7 heteroatoms. The van der Waals surface area contributed by atoms with Crippen molar-refractivity contribution >= 4 is 5.97 Å². The van der Waals surface area contributed by atoms with Crippen LogP contribution in [0.15, 0.2) is 36.5 Å². The van der Waals surface area contributed by atoms with Gasteiger partial charge in [-0.2, -0.15) is 0 Å². The molecule has 0 amide bonds. The van der Waals surface area contributed by atoms with E-state index in [1.807, 2.05) is 6.92 Å². The first-order chi connectivity index (χ1) is 16.5. The molecule has 3 N–H and O–H groups in total. The van der Waals surface area contributed by atoms with Crippen LogP contribution in [0.2, 0.25) is 0 Å². The molecule has 196 valence electrons. The largest absolute Gasteiger partial charge is 0.463 e. The van der Waals surface area contributed by atoms with Gasteiger partial charge in [0.15, 0.2) is 6.29 Å². The van der Waals surface area contributed by atoms with Gasteiger partial charge in [0, 0.05) is 13.0 Å². The Balaban J connectivity index is 2.07. The Kier molecular flexibility index (Phi) is 17.7. The highest BCUT2D eigenvalue weighted by molar-refractivity contribution is 5.69. The van der Waals surface area contributed by atoms with E-state index in [1.165, 1.54) is 0 Å². The van der Waals surface area contributed by atoms with Crippen molar-refractivity contribution in [1.82, 2.24) is 0 Å². The maximum Gasteiger partial charge on any atom is 0.305 e. The van der Waals surface area contributed by atoms with Gasteiger partial charge in [-0.1, -0.05) is 69.6 Å². The first kappa shape index (κ1) is 30.5. The van der Waals surface area contributed by atoms with E-state index < -0.39 is 30.7 Å². The number of hydrogen-bond donors (Lipinski definition) is 3. The second-order valence-electron chi connectivity index (χ2n) is 8.67. The number of rotatable bonds is 18. The lowest BCUT2D eigenvalue weighted by atomic mass is 9.99. The normalized spacial score (nSPS) is 25.6. The highest BCUT2D eigenvalue weighted by Gasteiger charge is 2.44. The lowest BCUT2D eigenvalue weighted by molar-refractivity contribution is -0.301. The number of hydrogen-bond acceptors (Lipinski definition) is 7. The van der Waals surface area contributed by atoms with Gasteiger partial charge in [0.05, 0.1) is 0 Å². The number of unbranched alkanes of at least 4 members (excludes halogenated alkanes) is 5. The Labute approximate surface area is 205 Å². The van der Waals surface area contributed by atoms with Crippen LogP contribution in [0, 0.1) is 0 Å². The third-order valence-corrected chi connectivity index (χ3v) is 5.60. The van der Waals surface area contributed by atoms with E-state index in [-0.39, 0.29) is 12.6 Å². The average Bonchev–Trinajstić information content (AvgIpc) is 2.84. The molecule has 1 fully saturated rings. The molecule has 1 aliphatic rings. The zero-order valence-electron chi connectivity index (χ0n) is 21.0. The number of carbonyl (C=O) groups excluding carboxylic acids is 1. The van der Waals surface area contributed by atoms with E-state index in [0.717, 1.165) is 64.2 Å². The summed E-state index contributed by atoms with van der Waals surface area (Å²) in [4.78, 5) is 12.0. The van der Waals surface area contributed by atoms with E-state index in [4.69, 9.17) is 14.2 Å². The Hall–Kier alpha value is -1.51. The molecule has 0 aromatic rings. The fourth-order valence-corrected chi connectivity index (χ4v) is 3.56. The zero-order valence-corrected chi connectivity index (χ0v) is 21.0. The molecule has 0 aromatic carbocycles. The number of aliphatic hydroxyl groups excluding tert-OH is 3. The number of allylic oxidation sites excluding steroid dienone is 6. The van der Waals surface area contributed by atoms with Crippen molar-refractivity contribution in [3.05, 3.63) is 36.5 Å². The van der Waals surface area contributed by atoms with Crippen molar-refractivity contribution in [3.63, 3.8) is 0 Å². The quantitative estimate of drug-likeness (QED) is 0.151. The van der Waals surface area contributed by atoms with Crippen LogP contribution < -0.4 is 0 Å². The van der Waals surface area contributed by atoms with Gasteiger partial charge in [-0.15, -0.1) is 0 Å². The van der Waals surface area contributed by atoms with Crippen LogP contribution in [-0.2, 0) is 19.0 Å². The molecule has 1 rings (SSSR count). The lowest BCUT2D eigenvalue weighted by Gasteiger charge is -2.39. The predicted octanol–water partition coefficient (Wildman–Crippen LogP) is 4.35. The Morgan fingerprint density at radius 2 is 1.47 bits per heavy atom. The summed E-state index contributed by atoms with van der Waals surface area (Å²) in [6, 6.07) is 0. The maximum atomic E-state index is 12.0. The number of ether oxygens (including phenoxy) is 3. The summed E-state index contributed by atoms with van der Waals surface area (Å²) in [6.45, 7) is 4.21. The van der Waals surface area contributed by atoms with Gasteiger partial charge < -0.3 is 29.5 Å². The first-order valence-corrected chi connectivity index (χ1v) is 12.9. The molecule has 1 aliphatic heterocycles. The molecule has 0 bridgehead atoms. The standard InChI is InChI=1S/C27H46O7/c1-3-5-6-7-8-9-10-11-12-13-14-15-16-17-18-19-23(28)33-21-22-24(29)25(30)26(31)27(34-22)32-20-4-2/h5-6,8-9,11-12,22,24-27,29-31H,3-4,7,10,13-21H2,1-2H3/b6-5-,9-8-,12-11-/t22-,24-,25+,26-,27?/m1/s1. The Morgan fingerprint density at radius 3 is 2.18 bits per heavy atom. The smallest absolute Gasteiger partial charge is 0.305 e. The van der Waals surface area contributed by atoms with Gasteiger partial charge in [0.25, 0.3) is 0 Å². The second kappa shape index (κ2) is 19.8. The molecular formula is C27H46O7. The van der Waals surface area contributed by atoms with Crippen LogP contribution in [0.1, 0.15) is 84.5 Å². The first-order valence-electron chi connectivity index (χ1n) is 12.9. The van der Waals surface area contributed by atoms with Crippen molar-refractivity contribution in [3.8, 4) is 0 Å². The highest BCUT2D eigenvalue weighted by Crippen LogP contribution is 2.22. The van der Waals surface area contributed by atoms with E-state index in [1.54, 1.807) is 0 Å². The summed E-state index contributed by atoms with van der Waals surface area (Å²) in [7, 11) is 0. The number of carbonyl (C=O) groups is 1. The van der Waals surface area contributed by atoms with Gasteiger partial charge in [-0.05, 0) is 44.9 Å². The summed E-state index contributed by atoms with van der Waals surface area (Å²) in [5.41, 5.74) is 0. The molecule has 5 atom stereocenters. The van der Waals surface area contributed by atoms with E-state index in [2.05, 4.69) is 43.4 Å². The molecule has 1 heterocycles. The van der Waals surface area contributed by atoms with Crippen LogP contribution in [0.3, 0.4) is 0 Å². The fourth-order valence-electron chi connectivity index (χ4n) is 3.56. The number of aliphatic hydroxyl groups is 3. The Bertz CT molecular complexity index is 602. The SMILES string of the molecule is CC/C=C\C/C=C\C/C=C\CCCCCCCC(=O)OC[C@H]1OC(OCCC)[C@H](O)[C@@H](O)[C@@H]1O. The van der Waals surface area contributed by atoms with E-state index in [0.29, 0.717) is 13.0 Å². The molecule has 0 aromatic heterocycles. The van der Waals surface area contributed by atoms with E-state index in [9.17, 15) is 20.1 Å². The summed E-state index contributed by atoms with van der Waals surface area (Å²) in [5, 5.41) is 30.0. The zero-order chi connectivity index (χ0) is 25.0. The topological polar surface area (TPSA) is 105 Å². The van der Waals surface area contributed by atoms with Crippen LogP contribution in [0.4, 0.5) is 0 Å². The third kappa shape index (κ3) is 13.4. The van der Waals surface area contributed by atoms with Crippen molar-refractivity contribution in [1.29, 1.82) is 0 Å². The van der Waals surface area contributed by atoms with Crippen LogP contribution in [0.25, 0.3) is 0 Å². The van der Waals surface area contributed by atoms with Crippen molar-refractivity contribution in [2.45, 2.75) is 115 Å². The van der Waals surface area contributed by atoms with Gasteiger partial charge >= 0.3 is 5.97 Å². The maximum absolute atomic E-state index is 12.0. The average molecular weight is 483 g/mol. The Morgan fingerprint density at radius 1 is 0.824 bits per heavy atom. The third-order valence-electron chi connectivity index (χ3n) is 5.60. The predicted molar refractivity (Wildman–Crippen MR) is 133 cm³/mol. The monoisotopic (exact) mass is 482 g/mol. The fraction of sp³-hybridized carbons (Fsp3) is 0.741. The van der Waals surface area contributed by atoms with Crippen LogP contribution >= 0.6 is 0 Å². The van der Waals surface area contributed by atoms with Gasteiger partial charge in [-0.3, -0.25) is 4.79 Å². The minimum atomic E-state index is -1.42. The van der Waals surface area contributed by atoms with Crippen molar-refractivity contribution in [2.24, 2.45) is 0 Å². The molecule has 1 unspecified atom stereocenters. The van der Waals surface area contributed by atoms with Crippen LogP contribution in [-0.4, -0.2) is 65.2 Å². The molecule has 0 saturated carbocycles. The summed E-state index contributed by atoms with van der Waals surface area (Å²) < 4.78 is 16.1. The minimum Gasteiger partial charge on any atom is -0.463 e. The van der Waals surface area contributed by atoms with Crippen LogP contribution in [0.5, 0.6) is 0 Å². The molecular weight excluding hydrogens is 436 g/mol. The summed E-state index contributed by atoms with van der Waals surface area (Å²) in [6.07, 6.45) is 17.4. The summed E-state index contributed by atoms with van der Waals surface area (Å²) in [5.74, 6) is -0.358. The molecule has 0 spiro atoms.